The average molecular weight is 184 g/mol. The standard InChI is InChI=1S/C10H20N2O/c1-2-3-5-13-6-4-12-10-7-9(11)8-10/h2,9-10,12H,1,3-8,11H2. The molecule has 0 atom stereocenters. The van der Waals surface area contributed by atoms with Gasteiger partial charge in [0.25, 0.3) is 0 Å². The van der Waals surface area contributed by atoms with Crippen LogP contribution in [0.5, 0.6) is 0 Å². The molecule has 0 amide bonds. The zero-order valence-electron chi connectivity index (χ0n) is 8.17. The van der Waals surface area contributed by atoms with Crippen LogP contribution in [-0.4, -0.2) is 31.8 Å². The van der Waals surface area contributed by atoms with Crippen molar-refractivity contribution >= 4 is 0 Å². The van der Waals surface area contributed by atoms with Crippen LogP contribution in [0.25, 0.3) is 0 Å². The Bertz CT molecular complexity index is 144. The molecule has 13 heavy (non-hydrogen) atoms. The molecule has 1 aliphatic rings. The molecule has 0 bridgehead atoms. The molecule has 0 radical (unpaired) electrons. The summed E-state index contributed by atoms with van der Waals surface area (Å²) in [5.74, 6) is 0. The second-order valence-electron chi connectivity index (χ2n) is 3.57. The lowest BCUT2D eigenvalue weighted by molar-refractivity contribution is 0.133. The molecule has 0 unspecified atom stereocenters. The van der Waals surface area contributed by atoms with Crippen LogP contribution in [0.1, 0.15) is 19.3 Å². The van der Waals surface area contributed by atoms with Gasteiger partial charge in [0.05, 0.1) is 13.2 Å². The molecule has 0 heterocycles. The molecular weight excluding hydrogens is 164 g/mol. The number of ether oxygens (including phenoxy) is 1. The number of nitrogens with one attached hydrogen (secondary N) is 1. The molecule has 1 rings (SSSR count). The molecule has 1 saturated carbocycles. The maximum atomic E-state index is 5.66. The van der Waals surface area contributed by atoms with Crippen molar-refractivity contribution in [2.75, 3.05) is 19.8 Å². The van der Waals surface area contributed by atoms with Crippen molar-refractivity contribution < 1.29 is 4.74 Å². The number of hydrogen-bond donors (Lipinski definition) is 2. The highest BCUT2D eigenvalue weighted by Gasteiger charge is 2.24. The minimum Gasteiger partial charge on any atom is -0.380 e. The lowest BCUT2D eigenvalue weighted by atomic mass is 9.88. The molecule has 0 spiro atoms. The van der Waals surface area contributed by atoms with Crippen LogP contribution >= 0.6 is 0 Å². The lowest BCUT2D eigenvalue weighted by Crippen LogP contribution is -2.49. The van der Waals surface area contributed by atoms with Crippen LogP contribution in [0.2, 0.25) is 0 Å². The molecule has 3 nitrogen and oxygen atoms in total. The van der Waals surface area contributed by atoms with Gasteiger partial charge < -0.3 is 15.8 Å². The predicted octanol–water partition coefficient (Wildman–Crippen LogP) is 0.658. The van der Waals surface area contributed by atoms with Crippen LogP contribution in [0, 0.1) is 0 Å². The highest BCUT2D eigenvalue weighted by atomic mass is 16.5. The quantitative estimate of drug-likeness (QED) is 0.451. The average Bonchev–Trinajstić information content (AvgIpc) is 2.07. The topological polar surface area (TPSA) is 47.3 Å². The Morgan fingerprint density at radius 2 is 2.23 bits per heavy atom. The summed E-state index contributed by atoms with van der Waals surface area (Å²) in [6, 6.07) is 1.07. The van der Waals surface area contributed by atoms with E-state index < -0.39 is 0 Å². The highest BCUT2D eigenvalue weighted by Crippen LogP contribution is 2.16. The normalized spacial score (nSPS) is 26.8. The fourth-order valence-electron chi connectivity index (χ4n) is 1.43. The van der Waals surface area contributed by atoms with E-state index >= 15 is 0 Å². The molecule has 0 aliphatic heterocycles. The van der Waals surface area contributed by atoms with Gasteiger partial charge in [-0.15, -0.1) is 6.58 Å². The van der Waals surface area contributed by atoms with E-state index in [-0.39, 0.29) is 0 Å². The van der Waals surface area contributed by atoms with Crippen molar-refractivity contribution in [3.05, 3.63) is 12.7 Å². The Morgan fingerprint density at radius 1 is 1.46 bits per heavy atom. The summed E-state index contributed by atoms with van der Waals surface area (Å²) in [5, 5.41) is 3.40. The van der Waals surface area contributed by atoms with Crippen molar-refractivity contribution in [2.45, 2.75) is 31.3 Å². The van der Waals surface area contributed by atoms with E-state index in [0.29, 0.717) is 12.1 Å². The number of nitrogens with two attached hydrogens (primary N) is 1. The first kappa shape index (κ1) is 10.7. The highest BCUT2D eigenvalue weighted by molar-refractivity contribution is 4.87. The van der Waals surface area contributed by atoms with E-state index in [1.54, 1.807) is 0 Å². The van der Waals surface area contributed by atoms with Crippen molar-refractivity contribution in [1.82, 2.24) is 5.32 Å². The van der Waals surface area contributed by atoms with E-state index in [1.165, 1.54) is 0 Å². The zero-order chi connectivity index (χ0) is 9.52. The van der Waals surface area contributed by atoms with Gasteiger partial charge in [-0.1, -0.05) is 6.08 Å². The van der Waals surface area contributed by atoms with E-state index in [9.17, 15) is 0 Å². The van der Waals surface area contributed by atoms with Gasteiger partial charge in [-0.2, -0.15) is 0 Å². The van der Waals surface area contributed by atoms with Crippen LogP contribution in [-0.2, 0) is 4.74 Å². The minimum atomic E-state index is 0.430. The van der Waals surface area contributed by atoms with E-state index in [1.807, 2.05) is 6.08 Å². The Balaban J connectivity index is 1.77. The van der Waals surface area contributed by atoms with Crippen LogP contribution in [0.3, 0.4) is 0 Å². The van der Waals surface area contributed by atoms with Gasteiger partial charge in [-0.05, 0) is 19.3 Å². The van der Waals surface area contributed by atoms with Crippen molar-refractivity contribution in [3.63, 3.8) is 0 Å². The van der Waals surface area contributed by atoms with Gasteiger partial charge in [-0.25, -0.2) is 0 Å². The van der Waals surface area contributed by atoms with Gasteiger partial charge >= 0.3 is 0 Å². The van der Waals surface area contributed by atoms with E-state index in [0.717, 1.165) is 39.0 Å². The summed E-state index contributed by atoms with van der Waals surface area (Å²) in [4.78, 5) is 0. The Labute approximate surface area is 80.3 Å². The summed E-state index contributed by atoms with van der Waals surface area (Å²) in [6.07, 6.45) is 5.05. The molecule has 1 fully saturated rings. The van der Waals surface area contributed by atoms with Crippen molar-refractivity contribution in [1.29, 1.82) is 0 Å². The summed E-state index contributed by atoms with van der Waals surface area (Å²) < 4.78 is 5.35. The maximum absolute atomic E-state index is 5.66. The van der Waals surface area contributed by atoms with Gasteiger partial charge in [-0.3, -0.25) is 0 Å². The molecule has 3 heteroatoms. The summed E-state index contributed by atoms with van der Waals surface area (Å²) in [5.41, 5.74) is 5.66. The van der Waals surface area contributed by atoms with Gasteiger partial charge in [0.1, 0.15) is 0 Å². The fraction of sp³-hybridized carbons (Fsp3) is 0.800. The fourth-order valence-corrected chi connectivity index (χ4v) is 1.43. The largest absolute Gasteiger partial charge is 0.380 e. The zero-order valence-corrected chi connectivity index (χ0v) is 8.17. The Kier molecular flexibility index (Phi) is 5.05. The molecule has 0 aromatic carbocycles. The maximum Gasteiger partial charge on any atom is 0.0591 e. The molecule has 0 saturated heterocycles. The smallest absolute Gasteiger partial charge is 0.0591 e. The van der Waals surface area contributed by atoms with Crippen LogP contribution < -0.4 is 11.1 Å². The minimum absolute atomic E-state index is 0.430. The third-order valence-electron chi connectivity index (χ3n) is 2.32. The summed E-state index contributed by atoms with van der Waals surface area (Å²) >= 11 is 0. The first-order valence-electron chi connectivity index (χ1n) is 5.00. The van der Waals surface area contributed by atoms with Gasteiger partial charge in [0.2, 0.25) is 0 Å². The number of rotatable bonds is 7. The van der Waals surface area contributed by atoms with Crippen LogP contribution in [0.4, 0.5) is 0 Å². The third kappa shape index (κ3) is 4.41. The molecule has 76 valence electrons. The SMILES string of the molecule is C=CCCOCCNC1CC(N)C1. The second kappa shape index (κ2) is 6.13. The predicted molar refractivity (Wildman–Crippen MR) is 54.6 cm³/mol. The first-order chi connectivity index (χ1) is 6.33. The summed E-state index contributed by atoms with van der Waals surface area (Å²) in [7, 11) is 0. The molecule has 1 aliphatic carbocycles. The first-order valence-corrected chi connectivity index (χ1v) is 5.00. The van der Waals surface area contributed by atoms with Gasteiger partial charge in [0.15, 0.2) is 0 Å². The van der Waals surface area contributed by atoms with Crippen LogP contribution in [0.15, 0.2) is 12.7 Å². The van der Waals surface area contributed by atoms with Gasteiger partial charge in [0, 0.05) is 18.6 Å². The molecular formula is C10H20N2O. The molecule has 0 aromatic rings. The molecule has 0 aromatic heterocycles. The monoisotopic (exact) mass is 184 g/mol. The van der Waals surface area contributed by atoms with E-state index in [2.05, 4.69) is 11.9 Å². The number of hydrogen-bond acceptors (Lipinski definition) is 3. The second-order valence-corrected chi connectivity index (χ2v) is 3.57. The van der Waals surface area contributed by atoms with Crippen molar-refractivity contribution in [2.24, 2.45) is 5.73 Å². The van der Waals surface area contributed by atoms with Crippen molar-refractivity contribution in [3.8, 4) is 0 Å². The lowest BCUT2D eigenvalue weighted by Gasteiger charge is -2.33. The third-order valence-corrected chi connectivity index (χ3v) is 2.32. The summed E-state index contributed by atoms with van der Waals surface area (Å²) in [6.45, 7) is 6.15. The Hall–Kier alpha value is -0.380. The van der Waals surface area contributed by atoms with E-state index in [4.69, 9.17) is 10.5 Å². The Morgan fingerprint density at radius 3 is 2.85 bits per heavy atom. The molecule has 3 N–H and O–H groups in total.